The van der Waals surface area contributed by atoms with Gasteiger partial charge in [-0.25, -0.2) is 4.79 Å². The van der Waals surface area contributed by atoms with Crippen LogP contribution in [0.5, 0.6) is 0 Å². The first kappa shape index (κ1) is 13.3. The molecule has 0 spiro atoms. The number of hydrogen-bond acceptors (Lipinski definition) is 3. The summed E-state index contributed by atoms with van der Waals surface area (Å²) in [5, 5.41) is 11.4. The van der Waals surface area contributed by atoms with Crippen LogP contribution in [0.25, 0.3) is 0 Å². The highest BCUT2D eigenvalue weighted by molar-refractivity contribution is 5.95. The van der Waals surface area contributed by atoms with Crippen molar-refractivity contribution in [1.82, 2.24) is 5.32 Å². The van der Waals surface area contributed by atoms with Crippen molar-refractivity contribution in [2.75, 3.05) is 0 Å². The molecule has 1 heterocycles. The van der Waals surface area contributed by atoms with Gasteiger partial charge in [0.1, 0.15) is 11.8 Å². The monoisotopic (exact) mass is 239 g/mol. The molecule has 0 saturated heterocycles. The van der Waals surface area contributed by atoms with E-state index < -0.39 is 17.9 Å². The molecule has 0 aliphatic carbocycles. The quantitative estimate of drug-likeness (QED) is 0.822. The Balaban J connectivity index is 2.77. The summed E-state index contributed by atoms with van der Waals surface area (Å²) in [7, 11) is 0. The Kier molecular flexibility index (Phi) is 4.31. The van der Waals surface area contributed by atoms with Gasteiger partial charge in [0, 0.05) is 5.56 Å². The lowest BCUT2D eigenvalue weighted by Gasteiger charge is -2.12. The van der Waals surface area contributed by atoms with E-state index in [1.165, 1.54) is 0 Å². The minimum absolute atomic E-state index is 0.185. The zero-order valence-electron chi connectivity index (χ0n) is 10.2. The van der Waals surface area contributed by atoms with Crippen LogP contribution in [0.3, 0.4) is 0 Å². The molecule has 1 aromatic rings. The fraction of sp³-hybridized carbons (Fsp3) is 0.500. The molecule has 0 aliphatic heterocycles. The van der Waals surface area contributed by atoms with Gasteiger partial charge in [0.05, 0.1) is 0 Å². The average molecular weight is 239 g/mol. The molecule has 1 aromatic heterocycles. The van der Waals surface area contributed by atoms with Crippen molar-refractivity contribution in [3.63, 3.8) is 0 Å². The molecular formula is C12H17NO4. The van der Waals surface area contributed by atoms with Crippen molar-refractivity contribution in [3.05, 3.63) is 23.2 Å². The first-order valence-corrected chi connectivity index (χ1v) is 5.56. The molecule has 1 rings (SSSR count). The minimum Gasteiger partial charge on any atom is -0.480 e. The second-order valence-electron chi connectivity index (χ2n) is 4.02. The van der Waals surface area contributed by atoms with Gasteiger partial charge in [0.25, 0.3) is 5.91 Å². The predicted molar refractivity (Wildman–Crippen MR) is 62.0 cm³/mol. The van der Waals surface area contributed by atoms with Crippen LogP contribution in [0, 0.1) is 13.8 Å². The number of carboxylic acid groups (broad SMARTS) is 1. The molecular weight excluding hydrogens is 222 g/mol. The van der Waals surface area contributed by atoms with E-state index in [1.54, 1.807) is 19.9 Å². The number of carboxylic acids is 1. The van der Waals surface area contributed by atoms with Gasteiger partial charge in [-0.1, -0.05) is 13.3 Å². The maximum atomic E-state index is 11.8. The fourth-order valence-electron chi connectivity index (χ4n) is 1.64. The van der Waals surface area contributed by atoms with E-state index in [0.29, 0.717) is 24.2 Å². The van der Waals surface area contributed by atoms with Crippen molar-refractivity contribution in [2.45, 2.75) is 39.7 Å². The smallest absolute Gasteiger partial charge is 0.326 e. The van der Waals surface area contributed by atoms with Crippen molar-refractivity contribution < 1.29 is 19.1 Å². The van der Waals surface area contributed by atoms with Gasteiger partial charge in [-0.05, 0) is 26.3 Å². The summed E-state index contributed by atoms with van der Waals surface area (Å²) < 4.78 is 5.23. The van der Waals surface area contributed by atoms with Crippen LogP contribution < -0.4 is 5.32 Å². The first-order valence-electron chi connectivity index (χ1n) is 5.56. The van der Waals surface area contributed by atoms with Crippen LogP contribution in [0.15, 0.2) is 10.5 Å². The highest BCUT2D eigenvalue weighted by atomic mass is 16.4. The number of furan rings is 1. The lowest BCUT2D eigenvalue weighted by atomic mass is 10.1. The number of aryl methyl sites for hydroxylation is 2. The van der Waals surface area contributed by atoms with Gasteiger partial charge in [0.15, 0.2) is 5.76 Å². The summed E-state index contributed by atoms with van der Waals surface area (Å²) in [6.07, 6.45) is 1.09. The molecule has 0 radical (unpaired) electrons. The molecule has 0 saturated carbocycles. The van der Waals surface area contributed by atoms with Gasteiger partial charge in [-0.2, -0.15) is 0 Å². The summed E-state index contributed by atoms with van der Waals surface area (Å²) in [5.41, 5.74) is 0.709. The second-order valence-corrected chi connectivity index (χ2v) is 4.02. The summed E-state index contributed by atoms with van der Waals surface area (Å²) in [6, 6.07) is 0.877. The number of nitrogens with one attached hydrogen (secondary N) is 1. The maximum Gasteiger partial charge on any atom is 0.326 e. The minimum atomic E-state index is -1.03. The highest BCUT2D eigenvalue weighted by Gasteiger charge is 2.22. The molecule has 5 nitrogen and oxygen atoms in total. The Morgan fingerprint density at radius 2 is 2.12 bits per heavy atom. The molecule has 5 heteroatoms. The Morgan fingerprint density at radius 1 is 1.47 bits per heavy atom. The number of aliphatic carboxylic acids is 1. The number of carbonyl (C=O) groups is 2. The number of rotatable bonds is 5. The van der Waals surface area contributed by atoms with Crippen molar-refractivity contribution >= 4 is 11.9 Å². The van der Waals surface area contributed by atoms with Gasteiger partial charge < -0.3 is 14.8 Å². The van der Waals surface area contributed by atoms with E-state index in [1.807, 2.05) is 6.92 Å². The first-order chi connectivity index (χ1) is 7.95. The van der Waals surface area contributed by atoms with E-state index in [4.69, 9.17) is 9.52 Å². The van der Waals surface area contributed by atoms with Gasteiger partial charge in [0.2, 0.25) is 0 Å². The van der Waals surface area contributed by atoms with Crippen molar-refractivity contribution in [2.24, 2.45) is 0 Å². The van der Waals surface area contributed by atoms with Crippen LogP contribution in [-0.2, 0) is 4.79 Å². The Hall–Kier alpha value is -1.78. The number of carbonyl (C=O) groups excluding carboxylic acids is 1. The highest BCUT2D eigenvalue weighted by Crippen LogP contribution is 2.13. The lowest BCUT2D eigenvalue weighted by Crippen LogP contribution is -2.40. The normalized spacial score (nSPS) is 12.2. The van der Waals surface area contributed by atoms with Crippen molar-refractivity contribution in [3.8, 4) is 0 Å². The molecule has 2 N–H and O–H groups in total. The molecule has 1 amide bonds. The molecule has 0 fully saturated rings. The molecule has 0 bridgehead atoms. The van der Waals surface area contributed by atoms with Gasteiger partial charge in [-0.15, -0.1) is 0 Å². The topological polar surface area (TPSA) is 79.5 Å². The lowest BCUT2D eigenvalue weighted by molar-refractivity contribution is -0.139. The van der Waals surface area contributed by atoms with Crippen LogP contribution in [0.4, 0.5) is 0 Å². The summed E-state index contributed by atoms with van der Waals surface area (Å²) in [4.78, 5) is 22.7. The Labute approximate surface area is 99.8 Å². The van der Waals surface area contributed by atoms with Gasteiger partial charge in [-0.3, -0.25) is 4.79 Å². The van der Waals surface area contributed by atoms with E-state index in [2.05, 4.69) is 5.32 Å². The molecule has 1 unspecified atom stereocenters. The van der Waals surface area contributed by atoms with E-state index in [-0.39, 0.29) is 5.76 Å². The Morgan fingerprint density at radius 3 is 2.53 bits per heavy atom. The summed E-state index contributed by atoms with van der Waals surface area (Å²) in [6.45, 7) is 5.36. The molecule has 17 heavy (non-hydrogen) atoms. The van der Waals surface area contributed by atoms with E-state index in [0.717, 1.165) is 0 Å². The summed E-state index contributed by atoms with van der Waals surface area (Å²) in [5.74, 6) is -0.683. The van der Waals surface area contributed by atoms with E-state index >= 15 is 0 Å². The largest absolute Gasteiger partial charge is 0.480 e. The number of hydrogen-bond donors (Lipinski definition) is 2. The molecule has 1 atom stereocenters. The maximum absolute atomic E-state index is 11.8. The standard InChI is InChI=1S/C12H17NO4/c1-4-5-9(12(15)16)13-11(14)10-7(2)6-8(3)17-10/h6,9H,4-5H2,1-3H3,(H,13,14)(H,15,16). The summed E-state index contributed by atoms with van der Waals surface area (Å²) >= 11 is 0. The molecule has 94 valence electrons. The zero-order chi connectivity index (χ0) is 13.0. The third kappa shape index (κ3) is 3.34. The van der Waals surface area contributed by atoms with Crippen LogP contribution >= 0.6 is 0 Å². The SMILES string of the molecule is CCCC(NC(=O)c1oc(C)cc1C)C(=O)O. The van der Waals surface area contributed by atoms with Crippen LogP contribution in [-0.4, -0.2) is 23.0 Å². The predicted octanol–water partition coefficient (Wildman–Crippen LogP) is 1.88. The Bertz CT molecular complexity index is 422. The fourth-order valence-corrected chi connectivity index (χ4v) is 1.64. The third-order valence-electron chi connectivity index (χ3n) is 2.43. The molecule has 0 aliphatic rings. The average Bonchev–Trinajstić information content (AvgIpc) is 2.57. The number of amides is 1. The van der Waals surface area contributed by atoms with Crippen LogP contribution in [0.2, 0.25) is 0 Å². The second kappa shape index (κ2) is 5.52. The van der Waals surface area contributed by atoms with E-state index in [9.17, 15) is 9.59 Å². The van der Waals surface area contributed by atoms with Crippen molar-refractivity contribution in [1.29, 1.82) is 0 Å². The van der Waals surface area contributed by atoms with Gasteiger partial charge >= 0.3 is 5.97 Å². The molecule has 0 aromatic carbocycles. The third-order valence-corrected chi connectivity index (χ3v) is 2.43. The van der Waals surface area contributed by atoms with Crippen LogP contribution in [0.1, 0.15) is 41.6 Å². The zero-order valence-corrected chi connectivity index (χ0v) is 10.2.